The Balaban J connectivity index is 2.32. The van der Waals surface area contributed by atoms with Gasteiger partial charge in [0.2, 0.25) is 0 Å². The first-order valence-electron chi connectivity index (χ1n) is 7.84. The average Bonchev–Trinajstić information content (AvgIpc) is 2.42. The van der Waals surface area contributed by atoms with Crippen LogP contribution in [0.25, 0.3) is 0 Å². The molecule has 0 radical (unpaired) electrons. The number of rotatable bonds is 6. The van der Waals surface area contributed by atoms with Gasteiger partial charge < -0.3 is 5.73 Å². The molecule has 2 N–H and O–H groups in total. The molecule has 0 heterocycles. The SMILES string of the molecule is CCCC1CCCC(N)(CCCC(C)C)CC1. The van der Waals surface area contributed by atoms with E-state index in [-0.39, 0.29) is 5.54 Å². The van der Waals surface area contributed by atoms with Gasteiger partial charge in [0, 0.05) is 5.54 Å². The molecular weight excluding hydrogens is 206 g/mol. The second-order valence-electron chi connectivity index (χ2n) is 6.73. The predicted molar refractivity (Wildman–Crippen MR) is 77.1 cm³/mol. The summed E-state index contributed by atoms with van der Waals surface area (Å²) in [4.78, 5) is 0. The fraction of sp³-hybridized carbons (Fsp3) is 1.00. The lowest BCUT2D eigenvalue weighted by atomic mass is 9.84. The quantitative estimate of drug-likeness (QED) is 0.656. The molecule has 0 spiro atoms. The molecule has 0 saturated heterocycles. The first-order chi connectivity index (χ1) is 8.06. The maximum Gasteiger partial charge on any atom is 0.0154 e. The smallest absolute Gasteiger partial charge is 0.0154 e. The summed E-state index contributed by atoms with van der Waals surface area (Å²) in [5.74, 6) is 1.80. The zero-order chi connectivity index (χ0) is 12.7. The van der Waals surface area contributed by atoms with Crippen LogP contribution < -0.4 is 5.73 Å². The van der Waals surface area contributed by atoms with Crippen molar-refractivity contribution in [3.63, 3.8) is 0 Å². The van der Waals surface area contributed by atoms with Crippen molar-refractivity contribution in [3.05, 3.63) is 0 Å². The molecule has 102 valence electrons. The molecule has 1 aliphatic carbocycles. The van der Waals surface area contributed by atoms with Gasteiger partial charge in [-0.2, -0.15) is 0 Å². The average molecular weight is 239 g/mol. The Kier molecular flexibility index (Phi) is 6.54. The molecule has 2 unspecified atom stereocenters. The summed E-state index contributed by atoms with van der Waals surface area (Å²) in [5, 5.41) is 0. The van der Waals surface area contributed by atoms with Gasteiger partial charge in [0.1, 0.15) is 0 Å². The van der Waals surface area contributed by atoms with E-state index in [1.54, 1.807) is 0 Å². The van der Waals surface area contributed by atoms with Crippen LogP contribution in [0.4, 0.5) is 0 Å². The normalized spacial score (nSPS) is 30.5. The summed E-state index contributed by atoms with van der Waals surface area (Å²) in [7, 11) is 0. The molecule has 0 aromatic heterocycles. The third kappa shape index (κ3) is 5.90. The summed E-state index contributed by atoms with van der Waals surface area (Å²) in [5.41, 5.74) is 6.78. The van der Waals surface area contributed by atoms with Crippen LogP contribution in [0.3, 0.4) is 0 Å². The fourth-order valence-electron chi connectivity index (χ4n) is 3.31. The van der Waals surface area contributed by atoms with Crippen LogP contribution in [0.2, 0.25) is 0 Å². The molecule has 1 aliphatic rings. The Labute approximate surface area is 109 Å². The molecule has 0 amide bonds. The van der Waals surface area contributed by atoms with E-state index in [1.165, 1.54) is 64.2 Å². The van der Waals surface area contributed by atoms with Crippen LogP contribution in [0.15, 0.2) is 0 Å². The number of nitrogens with two attached hydrogens (primary N) is 1. The highest BCUT2D eigenvalue weighted by Gasteiger charge is 2.28. The van der Waals surface area contributed by atoms with Crippen molar-refractivity contribution < 1.29 is 0 Å². The summed E-state index contributed by atoms with van der Waals surface area (Å²) >= 11 is 0. The molecule has 1 fully saturated rings. The van der Waals surface area contributed by atoms with E-state index >= 15 is 0 Å². The van der Waals surface area contributed by atoms with Crippen LogP contribution in [0, 0.1) is 11.8 Å². The molecule has 1 nitrogen and oxygen atoms in total. The van der Waals surface area contributed by atoms with Gasteiger partial charge in [-0.25, -0.2) is 0 Å². The van der Waals surface area contributed by atoms with E-state index in [0.717, 1.165) is 11.8 Å². The van der Waals surface area contributed by atoms with Gasteiger partial charge in [0.05, 0.1) is 0 Å². The van der Waals surface area contributed by atoms with Crippen LogP contribution in [0.1, 0.15) is 85.0 Å². The molecule has 0 aromatic rings. The second kappa shape index (κ2) is 7.41. The molecule has 1 heteroatoms. The lowest BCUT2D eigenvalue weighted by molar-refractivity contribution is 0.317. The molecule has 0 bridgehead atoms. The standard InChI is InChI=1S/C16H33N/c1-4-7-15-9-6-12-16(17,13-10-15)11-5-8-14(2)3/h14-15H,4-13,17H2,1-3H3. The molecule has 17 heavy (non-hydrogen) atoms. The Morgan fingerprint density at radius 1 is 1.24 bits per heavy atom. The van der Waals surface area contributed by atoms with Crippen molar-refractivity contribution in [2.45, 2.75) is 90.5 Å². The zero-order valence-corrected chi connectivity index (χ0v) is 12.3. The highest BCUT2D eigenvalue weighted by molar-refractivity contribution is 4.87. The highest BCUT2D eigenvalue weighted by atomic mass is 14.7. The van der Waals surface area contributed by atoms with E-state index < -0.39 is 0 Å². The van der Waals surface area contributed by atoms with Gasteiger partial charge in [-0.1, -0.05) is 59.3 Å². The largest absolute Gasteiger partial charge is 0.325 e. The molecule has 0 aromatic carbocycles. The number of hydrogen-bond acceptors (Lipinski definition) is 1. The zero-order valence-electron chi connectivity index (χ0n) is 12.3. The van der Waals surface area contributed by atoms with Crippen LogP contribution in [-0.2, 0) is 0 Å². The minimum absolute atomic E-state index is 0.178. The first kappa shape index (κ1) is 15.0. The van der Waals surface area contributed by atoms with Crippen LogP contribution in [-0.4, -0.2) is 5.54 Å². The summed E-state index contributed by atoms with van der Waals surface area (Å²) in [6, 6.07) is 0. The summed E-state index contributed by atoms with van der Waals surface area (Å²) in [6.45, 7) is 6.93. The molecular formula is C16H33N. The van der Waals surface area contributed by atoms with Crippen molar-refractivity contribution in [3.8, 4) is 0 Å². The Bertz CT molecular complexity index is 200. The summed E-state index contributed by atoms with van der Waals surface area (Å²) < 4.78 is 0. The minimum atomic E-state index is 0.178. The van der Waals surface area contributed by atoms with E-state index in [1.807, 2.05) is 0 Å². The van der Waals surface area contributed by atoms with E-state index in [4.69, 9.17) is 5.73 Å². The molecule has 1 saturated carbocycles. The van der Waals surface area contributed by atoms with Crippen molar-refractivity contribution >= 4 is 0 Å². The fourth-order valence-corrected chi connectivity index (χ4v) is 3.31. The van der Waals surface area contributed by atoms with Crippen molar-refractivity contribution in [1.29, 1.82) is 0 Å². The van der Waals surface area contributed by atoms with Gasteiger partial charge in [-0.05, 0) is 37.5 Å². The minimum Gasteiger partial charge on any atom is -0.325 e. The predicted octanol–water partition coefficient (Wildman–Crippen LogP) is 4.89. The van der Waals surface area contributed by atoms with Crippen LogP contribution >= 0.6 is 0 Å². The van der Waals surface area contributed by atoms with E-state index in [2.05, 4.69) is 20.8 Å². The number of hydrogen-bond donors (Lipinski definition) is 1. The van der Waals surface area contributed by atoms with Crippen molar-refractivity contribution in [2.24, 2.45) is 17.6 Å². The van der Waals surface area contributed by atoms with Crippen molar-refractivity contribution in [2.75, 3.05) is 0 Å². The topological polar surface area (TPSA) is 26.0 Å². The van der Waals surface area contributed by atoms with Gasteiger partial charge in [0.25, 0.3) is 0 Å². The Morgan fingerprint density at radius 2 is 2.00 bits per heavy atom. The van der Waals surface area contributed by atoms with Gasteiger partial charge in [-0.3, -0.25) is 0 Å². The maximum atomic E-state index is 6.60. The highest BCUT2D eigenvalue weighted by Crippen LogP contribution is 2.34. The molecule has 1 rings (SSSR count). The van der Waals surface area contributed by atoms with Gasteiger partial charge in [0.15, 0.2) is 0 Å². The Morgan fingerprint density at radius 3 is 2.65 bits per heavy atom. The van der Waals surface area contributed by atoms with Crippen molar-refractivity contribution in [1.82, 2.24) is 0 Å². The summed E-state index contributed by atoms with van der Waals surface area (Å²) in [6.07, 6.45) is 13.4. The molecule has 0 aliphatic heterocycles. The maximum absolute atomic E-state index is 6.60. The van der Waals surface area contributed by atoms with Gasteiger partial charge >= 0.3 is 0 Å². The van der Waals surface area contributed by atoms with Crippen LogP contribution in [0.5, 0.6) is 0 Å². The Hall–Kier alpha value is -0.0400. The van der Waals surface area contributed by atoms with E-state index in [0.29, 0.717) is 0 Å². The third-order valence-electron chi connectivity index (χ3n) is 4.49. The third-order valence-corrected chi connectivity index (χ3v) is 4.49. The second-order valence-corrected chi connectivity index (χ2v) is 6.73. The monoisotopic (exact) mass is 239 g/mol. The van der Waals surface area contributed by atoms with Gasteiger partial charge in [-0.15, -0.1) is 0 Å². The lowest BCUT2D eigenvalue weighted by Gasteiger charge is -2.28. The first-order valence-corrected chi connectivity index (χ1v) is 7.84. The lowest BCUT2D eigenvalue weighted by Crippen LogP contribution is -2.39. The van der Waals surface area contributed by atoms with E-state index in [9.17, 15) is 0 Å². The molecule has 2 atom stereocenters.